The van der Waals surface area contributed by atoms with Crippen LogP contribution in [0.15, 0.2) is 18.2 Å². The summed E-state index contributed by atoms with van der Waals surface area (Å²) in [4.78, 5) is 4.38. The van der Waals surface area contributed by atoms with Gasteiger partial charge in [0.2, 0.25) is 0 Å². The fourth-order valence-corrected chi connectivity index (χ4v) is 4.23. The van der Waals surface area contributed by atoms with Crippen molar-refractivity contribution in [2.24, 2.45) is 0 Å². The molecule has 1 saturated heterocycles. The topological polar surface area (TPSA) is 57.4 Å². The number of halogens is 2. The molecule has 0 aliphatic carbocycles. The minimum Gasteiger partial charge on any atom is -0.392 e. The maximum atomic E-state index is 13.4. The molecule has 8 heteroatoms. The minimum absolute atomic E-state index is 0.0742. The van der Waals surface area contributed by atoms with Crippen molar-refractivity contribution in [3.05, 3.63) is 47.0 Å². The van der Waals surface area contributed by atoms with Crippen LogP contribution in [-0.2, 0) is 19.6 Å². The minimum atomic E-state index is -0.555. The number of nitrogens with zero attached hydrogens (tertiary/aromatic N) is 5. The average Bonchev–Trinajstić information content (AvgIpc) is 3.16. The number of aliphatic hydroxyl groups excluding tert-OH is 1. The van der Waals surface area contributed by atoms with Gasteiger partial charge in [-0.1, -0.05) is 0 Å². The lowest BCUT2D eigenvalue weighted by Crippen LogP contribution is -2.36. The highest BCUT2D eigenvalue weighted by atomic mass is 19.1. The van der Waals surface area contributed by atoms with Crippen molar-refractivity contribution in [1.82, 2.24) is 24.6 Å². The van der Waals surface area contributed by atoms with Crippen molar-refractivity contribution in [2.45, 2.75) is 58.1 Å². The summed E-state index contributed by atoms with van der Waals surface area (Å²) in [5.74, 6) is 0.659. The number of fused-ring (bicyclic) bond motifs is 1. The van der Waals surface area contributed by atoms with Crippen LogP contribution in [0.5, 0.6) is 0 Å². The molecule has 0 unspecified atom stereocenters. The lowest BCUT2D eigenvalue weighted by Gasteiger charge is -2.31. The summed E-state index contributed by atoms with van der Waals surface area (Å²) >= 11 is 0. The van der Waals surface area contributed by atoms with Gasteiger partial charge in [-0.2, -0.15) is 0 Å². The van der Waals surface area contributed by atoms with E-state index in [9.17, 15) is 13.9 Å². The molecular formula is C19H25F2N5O. The summed E-state index contributed by atoms with van der Waals surface area (Å²) < 4.78 is 29.0. The second-order valence-corrected chi connectivity index (χ2v) is 7.81. The molecule has 0 saturated carbocycles. The number of likely N-dealkylation sites (tertiary alicyclic amines) is 1. The number of benzene rings is 1. The Labute approximate surface area is 157 Å². The molecular weight excluding hydrogens is 352 g/mol. The van der Waals surface area contributed by atoms with E-state index in [1.807, 2.05) is 0 Å². The highest BCUT2D eigenvalue weighted by Gasteiger charge is 2.37. The Bertz CT molecular complexity index is 804. The highest BCUT2D eigenvalue weighted by molar-refractivity contribution is 5.18. The molecule has 146 valence electrons. The van der Waals surface area contributed by atoms with Gasteiger partial charge in [0.1, 0.15) is 17.5 Å². The molecule has 0 amide bonds. The van der Waals surface area contributed by atoms with Crippen molar-refractivity contribution in [2.75, 3.05) is 13.1 Å². The molecule has 1 N–H and O–H groups in total. The fraction of sp³-hybridized carbons (Fsp3) is 0.579. The zero-order chi connectivity index (χ0) is 19.1. The number of rotatable bonds is 4. The van der Waals surface area contributed by atoms with Crippen LogP contribution in [0.4, 0.5) is 8.78 Å². The zero-order valence-electron chi connectivity index (χ0n) is 15.6. The van der Waals surface area contributed by atoms with E-state index in [4.69, 9.17) is 0 Å². The third-order valence-electron chi connectivity index (χ3n) is 5.47. The summed E-state index contributed by atoms with van der Waals surface area (Å²) in [5, 5.41) is 18.9. The Balaban J connectivity index is 1.50. The van der Waals surface area contributed by atoms with Crippen molar-refractivity contribution in [3.63, 3.8) is 0 Å². The number of hydrogen-bond acceptors (Lipinski definition) is 5. The Morgan fingerprint density at radius 2 is 1.89 bits per heavy atom. The molecule has 0 bridgehead atoms. The van der Waals surface area contributed by atoms with Crippen LogP contribution >= 0.6 is 0 Å². The van der Waals surface area contributed by atoms with Gasteiger partial charge < -0.3 is 9.67 Å². The van der Waals surface area contributed by atoms with Gasteiger partial charge in [0.25, 0.3) is 0 Å². The van der Waals surface area contributed by atoms with Crippen molar-refractivity contribution >= 4 is 0 Å². The summed E-state index contributed by atoms with van der Waals surface area (Å²) in [6, 6.07) is 4.02. The maximum absolute atomic E-state index is 13.4. The van der Waals surface area contributed by atoms with Crippen LogP contribution < -0.4 is 0 Å². The molecule has 6 nitrogen and oxygen atoms in total. The fourth-order valence-electron chi connectivity index (χ4n) is 4.23. The first-order chi connectivity index (χ1) is 12.9. The molecule has 1 aromatic carbocycles. The third kappa shape index (κ3) is 3.74. The Kier molecular flexibility index (Phi) is 4.96. The van der Waals surface area contributed by atoms with Gasteiger partial charge in [-0.15, -0.1) is 10.2 Å². The predicted molar refractivity (Wildman–Crippen MR) is 95.7 cm³/mol. The first kappa shape index (κ1) is 18.5. The monoisotopic (exact) mass is 377 g/mol. The van der Waals surface area contributed by atoms with Crippen LogP contribution in [0.1, 0.15) is 43.5 Å². The molecule has 0 spiro atoms. The van der Waals surface area contributed by atoms with Gasteiger partial charge in [0, 0.05) is 38.3 Å². The van der Waals surface area contributed by atoms with E-state index in [0.29, 0.717) is 37.7 Å². The number of aromatic nitrogens is 3. The first-order valence-corrected chi connectivity index (χ1v) is 9.44. The van der Waals surface area contributed by atoms with E-state index < -0.39 is 11.6 Å². The standard InChI is InChI=1S/C19H25F2N5O/c1-12(2)26-10-16(27)8-17(26)19-23-22-18-11-24(3-4-25(18)19)9-13-5-14(20)7-15(21)6-13/h5-7,12,16-17,27H,3-4,8-11H2,1-2H3/t16-,17-/m0/s1. The number of hydrogen-bond donors (Lipinski definition) is 1. The normalized spacial score (nSPS) is 23.9. The van der Waals surface area contributed by atoms with Gasteiger partial charge in [0.05, 0.1) is 18.7 Å². The lowest BCUT2D eigenvalue weighted by atomic mass is 10.1. The van der Waals surface area contributed by atoms with Gasteiger partial charge in [-0.25, -0.2) is 8.78 Å². The first-order valence-electron chi connectivity index (χ1n) is 9.44. The van der Waals surface area contributed by atoms with Gasteiger partial charge in [-0.3, -0.25) is 9.80 Å². The van der Waals surface area contributed by atoms with Crippen LogP contribution in [0.25, 0.3) is 0 Å². The van der Waals surface area contributed by atoms with Crippen molar-refractivity contribution < 1.29 is 13.9 Å². The van der Waals surface area contributed by atoms with E-state index in [1.165, 1.54) is 12.1 Å². The summed E-state index contributed by atoms with van der Waals surface area (Å²) in [6.45, 7) is 7.44. The summed E-state index contributed by atoms with van der Waals surface area (Å²) in [6.07, 6.45) is 0.330. The Morgan fingerprint density at radius 1 is 1.15 bits per heavy atom. The molecule has 2 atom stereocenters. The molecule has 0 radical (unpaired) electrons. The SMILES string of the molecule is CC(C)N1C[C@@H](O)C[C@H]1c1nnc2n1CCN(Cc1cc(F)cc(F)c1)C2. The van der Waals surface area contributed by atoms with Gasteiger partial charge in [-0.05, 0) is 38.0 Å². The molecule has 1 fully saturated rings. The second kappa shape index (κ2) is 7.26. The summed E-state index contributed by atoms with van der Waals surface area (Å²) in [7, 11) is 0. The number of aliphatic hydroxyl groups is 1. The largest absolute Gasteiger partial charge is 0.392 e. The second-order valence-electron chi connectivity index (χ2n) is 7.81. The summed E-state index contributed by atoms with van der Waals surface area (Å²) in [5.41, 5.74) is 0.616. The Morgan fingerprint density at radius 3 is 2.59 bits per heavy atom. The highest BCUT2D eigenvalue weighted by Crippen LogP contribution is 2.33. The molecule has 27 heavy (non-hydrogen) atoms. The molecule has 2 aliphatic heterocycles. The van der Waals surface area contributed by atoms with Crippen LogP contribution in [0, 0.1) is 11.6 Å². The van der Waals surface area contributed by atoms with Crippen molar-refractivity contribution in [1.29, 1.82) is 0 Å². The number of β-amino-alcohol motifs (C(OH)–C–C–N with tert-alkyl or cyclic N) is 1. The van der Waals surface area contributed by atoms with E-state index in [-0.39, 0.29) is 12.1 Å². The molecule has 2 aromatic rings. The van der Waals surface area contributed by atoms with Crippen molar-refractivity contribution in [3.8, 4) is 0 Å². The maximum Gasteiger partial charge on any atom is 0.150 e. The molecule has 2 aliphatic rings. The van der Waals surface area contributed by atoms with E-state index in [0.717, 1.165) is 30.8 Å². The van der Waals surface area contributed by atoms with E-state index in [1.54, 1.807) is 0 Å². The quantitative estimate of drug-likeness (QED) is 0.884. The predicted octanol–water partition coefficient (Wildman–Crippen LogP) is 2.09. The molecule has 4 rings (SSSR count). The lowest BCUT2D eigenvalue weighted by molar-refractivity contribution is 0.155. The average molecular weight is 377 g/mol. The van der Waals surface area contributed by atoms with E-state index >= 15 is 0 Å². The Hall–Kier alpha value is -1.90. The third-order valence-corrected chi connectivity index (χ3v) is 5.47. The zero-order valence-corrected chi connectivity index (χ0v) is 15.6. The molecule has 1 aromatic heterocycles. The van der Waals surface area contributed by atoms with E-state index in [2.05, 4.69) is 38.4 Å². The van der Waals surface area contributed by atoms with Crippen LogP contribution in [-0.4, -0.2) is 54.9 Å². The molecule has 3 heterocycles. The van der Waals surface area contributed by atoms with Crippen LogP contribution in [0.2, 0.25) is 0 Å². The van der Waals surface area contributed by atoms with Gasteiger partial charge in [0.15, 0.2) is 5.82 Å². The smallest absolute Gasteiger partial charge is 0.150 e. The van der Waals surface area contributed by atoms with Crippen LogP contribution in [0.3, 0.4) is 0 Å². The van der Waals surface area contributed by atoms with Gasteiger partial charge >= 0.3 is 0 Å².